The van der Waals surface area contributed by atoms with E-state index in [0.29, 0.717) is 34.0 Å². The van der Waals surface area contributed by atoms with Crippen LogP contribution in [0.5, 0.6) is 11.5 Å². The van der Waals surface area contributed by atoms with Crippen LogP contribution in [-0.2, 0) is 17.6 Å². The van der Waals surface area contributed by atoms with Gasteiger partial charge in [0.25, 0.3) is 5.91 Å². The number of thiophene rings is 1. The van der Waals surface area contributed by atoms with Crippen molar-refractivity contribution in [1.29, 1.82) is 0 Å². The van der Waals surface area contributed by atoms with E-state index >= 15 is 0 Å². The van der Waals surface area contributed by atoms with E-state index < -0.39 is 30.1 Å². The summed E-state index contributed by atoms with van der Waals surface area (Å²) in [5, 5.41) is 10.1. The number of aromatic nitrogens is 2. The molecule has 0 radical (unpaired) electrons. The van der Waals surface area contributed by atoms with Gasteiger partial charge in [0.05, 0.1) is 24.4 Å². The molecule has 0 fully saturated rings. The number of nitrogens with zero attached hydrogens (tertiary/aromatic N) is 2. The predicted molar refractivity (Wildman–Crippen MR) is 131 cm³/mol. The molecule has 2 aliphatic heterocycles. The van der Waals surface area contributed by atoms with Crippen LogP contribution in [0.1, 0.15) is 68.6 Å². The molecule has 2 atom stereocenters. The van der Waals surface area contributed by atoms with Crippen LogP contribution in [0.2, 0.25) is 0 Å². The van der Waals surface area contributed by atoms with Crippen molar-refractivity contribution in [2.45, 2.75) is 50.9 Å². The first kappa shape index (κ1) is 24.6. The summed E-state index contributed by atoms with van der Waals surface area (Å²) < 4.78 is 59.0. The largest absolute Gasteiger partial charge is 0.462 e. The molecule has 1 amide bonds. The lowest BCUT2D eigenvalue weighted by molar-refractivity contribution is -0.173. The maximum Gasteiger partial charge on any atom is 0.410 e. The molecule has 0 bridgehead atoms. The molecular formula is C25H23F3N4O5S. The Morgan fingerprint density at radius 2 is 2.08 bits per heavy atom. The van der Waals surface area contributed by atoms with Gasteiger partial charge in [0.1, 0.15) is 16.4 Å². The second-order valence-corrected chi connectivity index (χ2v) is 10.3. The standard InChI is InChI=1S/C25H23F3N4O5S/c1-2-35-24(34)20-13-4-3-5-18(13)38-23(20)31-22(33)14-10-29-32-19(25(26,27)28)9-15(30-21(14)32)12-6-7-16-17(8-12)37-11-36-16/h6-8,10,15,19,30H,2-5,9,11H2,1H3,(H,31,33)/t15-,19+/m0/s1. The van der Waals surface area contributed by atoms with Gasteiger partial charge < -0.3 is 24.8 Å². The van der Waals surface area contributed by atoms with Crippen LogP contribution < -0.4 is 20.1 Å². The molecule has 3 aliphatic rings. The lowest BCUT2D eigenvalue weighted by Crippen LogP contribution is -2.36. The van der Waals surface area contributed by atoms with Gasteiger partial charge in [-0.15, -0.1) is 11.3 Å². The van der Waals surface area contributed by atoms with Gasteiger partial charge in [-0.3, -0.25) is 4.79 Å². The molecule has 38 heavy (non-hydrogen) atoms. The molecule has 9 nitrogen and oxygen atoms in total. The summed E-state index contributed by atoms with van der Waals surface area (Å²) in [5.74, 6) is -0.293. The number of carbonyl (C=O) groups is 2. The van der Waals surface area contributed by atoms with Gasteiger partial charge in [0.15, 0.2) is 17.5 Å². The number of esters is 1. The maximum atomic E-state index is 14.1. The zero-order valence-electron chi connectivity index (χ0n) is 20.2. The molecule has 2 N–H and O–H groups in total. The summed E-state index contributed by atoms with van der Waals surface area (Å²) in [6.45, 7) is 1.91. The summed E-state index contributed by atoms with van der Waals surface area (Å²) in [6.07, 6.45) is -1.42. The third kappa shape index (κ3) is 4.14. The van der Waals surface area contributed by atoms with E-state index in [1.807, 2.05) is 0 Å². The first-order valence-electron chi connectivity index (χ1n) is 12.2. The van der Waals surface area contributed by atoms with E-state index in [4.69, 9.17) is 14.2 Å². The van der Waals surface area contributed by atoms with Crippen molar-refractivity contribution in [3.63, 3.8) is 0 Å². The summed E-state index contributed by atoms with van der Waals surface area (Å²) >= 11 is 1.29. The van der Waals surface area contributed by atoms with Crippen molar-refractivity contribution in [2.75, 3.05) is 24.0 Å². The van der Waals surface area contributed by atoms with Crippen molar-refractivity contribution in [3.8, 4) is 11.5 Å². The highest BCUT2D eigenvalue weighted by Gasteiger charge is 2.47. The number of anilines is 2. The Hall–Kier alpha value is -3.74. The van der Waals surface area contributed by atoms with Gasteiger partial charge in [0, 0.05) is 11.3 Å². The summed E-state index contributed by atoms with van der Waals surface area (Å²) in [6, 6.07) is 2.24. The highest BCUT2D eigenvalue weighted by Crippen LogP contribution is 2.46. The fourth-order valence-corrected chi connectivity index (χ4v) is 6.43. The zero-order valence-corrected chi connectivity index (χ0v) is 21.0. The Morgan fingerprint density at radius 1 is 1.26 bits per heavy atom. The Balaban J connectivity index is 1.33. The number of rotatable bonds is 5. The number of ether oxygens (including phenoxy) is 3. The molecule has 13 heteroatoms. The van der Waals surface area contributed by atoms with E-state index in [1.54, 1.807) is 25.1 Å². The van der Waals surface area contributed by atoms with E-state index in [9.17, 15) is 22.8 Å². The maximum absolute atomic E-state index is 14.1. The fraction of sp³-hybridized carbons (Fsp3) is 0.400. The van der Waals surface area contributed by atoms with Crippen molar-refractivity contribution in [3.05, 3.63) is 51.5 Å². The molecule has 0 saturated carbocycles. The molecule has 4 heterocycles. The Kier molecular flexibility index (Phi) is 5.97. The molecule has 6 rings (SSSR count). The third-order valence-electron chi connectivity index (χ3n) is 6.91. The minimum absolute atomic E-state index is 0.0408. The molecule has 1 aromatic carbocycles. The van der Waals surface area contributed by atoms with Crippen molar-refractivity contribution in [1.82, 2.24) is 9.78 Å². The van der Waals surface area contributed by atoms with Crippen molar-refractivity contribution in [2.24, 2.45) is 0 Å². The molecule has 0 spiro atoms. The number of aryl methyl sites for hydroxylation is 1. The average molecular weight is 549 g/mol. The van der Waals surface area contributed by atoms with E-state index in [1.165, 1.54) is 11.3 Å². The van der Waals surface area contributed by atoms with E-state index in [2.05, 4.69) is 15.7 Å². The van der Waals surface area contributed by atoms with Crippen LogP contribution in [0.4, 0.5) is 24.0 Å². The lowest BCUT2D eigenvalue weighted by atomic mass is 9.96. The topological polar surface area (TPSA) is 104 Å². The third-order valence-corrected chi connectivity index (χ3v) is 8.12. The van der Waals surface area contributed by atoms with E-state index in [-0.39, 0.29) is 31.2 Å². The lowest BCUT2D eigenvalue weighted by Gasteiger charge is -2.34. The Labute approximate surface area is 218 Å². The van der Waals surface area contributed by atoms with Crippen LogP contribution in [0.25, 0.3) is 0 Å². The minimum Gasteiger partial charge on any atom is -0.462 e. The van der Waals surface area contributed by atoms with Gasteiger partial charge in [-0.05, 0) is 49.4 Å². The number of amides is 1. The SMILES string of the molecule is CCOC(=O)c1c(NC(=O)c2cnn3c2N[C@H](c2ccc4c(c2)OCO4)C[C@@H]3C(F)(F)F)sc2c1CCC2. The number of hydrogen-bond donors (Lipinski definition) is 2. The number of carbonyl (C=O) groups excluding carboxylic acids is 2. The average Bonchev–Trinajstić information content (AvgIpc) is 3.65. The Bertz CT molecular complexity index is 1430. The van der Waals surface area contributed by atoms with Crippen LogP contribution >= 0.6 is 11.3 Å². The minimum atomic E-state index is -4.60. The number of benzene rings is 1. The van der Waals surface area contributed by atoms with Crippen molar-refractivity contribution < 1.29 is 37.0 Å². The highest BCUT2D eigenvalue weighted by atomic mass is 32.1. The van der Waals surface area contributed by atoms with Gasteiger partial charge in [-0.1, -0.05) is 6.07 Å². The second-order valence-electron chi connectivity index (χ2n) is 9.19. The van der Waals surface area contributed by atoms with Crippen LogP contribution in [0.15, 0.2) is 24.4 Å². The number of halogens is 3. The van der Waals surface area contributed by atoms with Crippen molar-refractivity contribution >= 4 is 34.0 Å². The normalized spacial score (nSPS) is 19.5. The molecular weight excluding hydrogens is 525 g/mol. The van der Waals surface area contributed by atoms with Gasteiger partial charge in [0.2, 0.25) is 6.79 Å². The first-order chi connectivity index (χ1) is 18.2. The summed E-state index contributed by atoms with van der Waals surface area (Å²) in [5.41, 5.74) is 1.67. The van der Waals surface area contributed by atoms with Crippen LogP contribution in [0, 0.1) is 0 Å². The number of nitrogens with one attached hydrogen (secondary N) is 2. The number of fused-ring (bicyclic) bond motifs is 3. The predicted octanol–water partition coefficient (Wildman–Crippen LogP) is 5.25. The summed E-state index contributed by atoms with van der Waals surface area (Å²) in [7, 11) is 0. The Morgan fingerprint density at radius 3 is 2.87 bits per heavy atom. The highest BCUT2D eigenvalue weighted by molar-refractivity contribution is 7.17. The van der Waals surface area contributed by atoms with Gasteiger partial charge >= 0.3 is 12.1 Å². The quantitative estimate of drug-likeness (QED) is 0.420. The fourth-order valence-electron chi connectivity index (χ4n) is 5.16. The molecule has 200 valence electrons. The van der Waals surface area contributed by atoms with Crippen LogP contribution in [0.3, 0.4) is 0 Å². The molecule has 0 saturated heterocycles. The van der Waals surface area contributed by atoms with E-state index in [0.717, 1.165) is 34.2 Å². The number of hydrogen-bond acceptors (Lipinski definition) is 8. The number of alkyl halides is 3. The molecule has 2 aromatic heterocycles. The monoisotopic (exact) mass is 548 g/mol. The molecule has 1 aliphatic carbocycles. The molecule has 3 aromatic rings. The second kappa shape index (κ2) is 9.22. The summed E-state index contributed by atoms with van der Waals surface area (Å²) in [4.78, 5) is 27.1. The first-order valence-corrected chi connectivity index (χ1v) is 13.0. The zero-order chi connectivity index (χ0) is 26.6. The molecule has 0 unspecified atom stereocenters. The van der Waals surface area contributed by atoms with Gasteiger partial charge in [-0.2, -0.15) is 18.3 Å². The van der Waals surface area contributed by atoms with Gasteiger partial charge in [-0.25, -0.2) is 9.48 Å². The smallest absolute Gasteiger partial charge is 0.410 e. The van der Waals surface area contributed by atoms with Crippen LogP contribution in [-0.4, -0.2) is 41.2 Å².